The van der Waals surface area contributed by atoms with Gasteiger partial charge in [-0.05, 0) is 61.4 Å². The van der Waals surface area contributed by atoms with E-state index in [4.69, 9.17) is 25.8 Å². The van der Waals surface area contributed by atoms with Crippen LogP contribution >= 0.6 is 11.6 Å². The van der Waals surface area contributed by atoms with Crippen molar-refractivity contribution in [3.63, 3.8) is 0 Å². The van der Waals surface area contributed by atoms with Crippen LogP contribution in [0.4, 0.5) is 0 Å². The predicted octanol–water partition coefficient (Wildman–Crippen LogP) is 5.63. The van der Waals surface area contributed by atoms with Crippen molar-refractivity contribution in [3.8, 4) is 11.5 Å². The summed E-state index contributed by atoms with van der Waals surface area (Å²) in [6.07, 6.45) is 8.17. The lowest BCUT2D eigenvalue weighted by molar-refractivity contribution is -0.952. The lowest BCUT2D eigenvalue weighted by Crippen LogP contribution is -2.83. The first-order chi connectivity index (χ1) is 18.4. The highest BCUT2D eigenvalue weighted by molar-refractivity contribution is 6.30. The molecule has 38 heavy (non-hydrogen) atoms. The van der Waals surface area contributed by atoms with Gasteiger partial charge < -0.3 is 23.8 Å². The second-order valence-corrected chi connectivity index (χ2v) is 14.0. The predicted molar refractivity (Wildman–Crippen MR) is 146 cm³/mol. The molecule has 1 saturated heterocycles. The van der Waals surface area contributed by atoms with Crippen LogP contribution in [-0.2, 0) is 27.9 Å². The van der Waals surface area contributed by atoms with Gasteiger partial charge in [0.1, 0.15) is 11.7 Å². The van der Waals surface area contributed by atoms with Crippen molar-refractivity contribution < 1.29 is 23.8 Å². The molecule has 2 heterocycles. The molecule has 4 saturated carbocycles. The van der Waals surface area contributed by atoms with Gasteiger partial charge in [-0.2, -0.15) is 0 Å². The van der Waals surface area contributed by atoms with Crippen LogP contribution in [0.1, 0.15) is 55.2 Å². The summed E-state index contributed by atoms with van der Waals surface area (Å²) >= 11 is 6.24. The number of nitrogens with zero attached hydrogens (tertiary/aromatic N) is 1. The number of fused-ring (bicyclic) bond motifs is 2. The zero-order valence-electron chi connectivity index (χ0n) is 22.5. The monoisotopic (exact) mass is 536 g/mol. The molecule has 0 unspecified atom stereocenters. The second-order valence-electron chi connectivity index (χ2n) is 13.6. The van der Waals surface area contributed by atoms with Crippen molar-refractivity contribution in [3.05, 3.63) is 58.1 Å². The Hall–Kier alpha value is -1.79. The molecule has 2 spiro atoms. The van der Waals surface area contributed by atoms with E-state index in [1.54, 1.807) is 0 Å². The Morgan fingerprint density at radius 2 is 2.03 bits per heavy atom. The van der Waals surface area contributed by atoms with E-state index < -0.39 is 5.60 Å². The van der Waals surface area contributed by atoms with Crippen LogP contribution in [-0.4, -0.2) is 61.2 Å². The fourth-order valence-electron chi connectivity index (χ4n) is 10.4. The number of quaternary nitrogens is 1. The van der Waals surface area contributed by atoms with Gasteiger partial charge in [0, 0.05) is 47.8 Å². The molecule has 5 aliphatic carbocycles. The Bertz CT molecular complexity index is 1310. The number of piperidine rings is 1. The van der Waals surface area contributed by atoms with Gasteiger partial charge in [-0.25, -0.2) is 0 Å². The normalized spacial score (nSPS) is 41.6. The molecule has 2 aliphatic heterocycles. The van der Waals surface area contributed by atoms with Crippen LogP contribution in [0, 0.1) is 17.3 Å². The summed E-state index contributed by atoms with van der Waals surface area (Å²) in [6, 6.07) is 12.6. The van der Waals surface area contributed by atoms with Crippen molar-refractivity contribution in [1.82, 2.24) is 0 Å². The average molecular weight is 537 g/mol. The molecule has 6 heteroatoms. The first kappa shape index (κ1) is 24.0. The Morgan fingerprint density at radius 1 is 1.16 bits per heavy atom. The minimum atomic E-state index is -0.419. The van der Waals surface area contributed by atoms with Crippen LogP contribution < -0.4 is 4.74 Å². The number of hydrogen-bond acceptors (Lipinski definition) is 4. The van der Waals surface area contributed by atoms with Gasteiger partial charge in [0.15, 0.2) is 11.5 Å². The molecular weight excluding hydrogens is 498 g/mol. The number of halogens is 1. The highest BCUT2D eigenvalue weighted by Crippen LogP contribution is 2.77. The third-order valence-corrected chi connectivity index (χ3v) is 12.2. The lowest BCUT2D eigenvalue weighted by atomic mass is 9.34. The number of phenols is 1. The number of rotatable bonds is 7. The number of likely N-dealkylation sites (tertiary alicyclic amines) is 1. The lowest BCUT2D eigenvalue weighted by Gasteiger charge is -2.74. The topological polar surface area (TPSA) is 47.9 Å². The maximum Gasteiger partial charge on any atom is 0.165 e. The summed E-state index contributed by atoms with van der Waals surface area (Å²) in [5, 5.41) is 11.8. The summed E-state index contributed by atoms with van der Waals surface area (Å²) in [6.45, 7) is 3.68. The minimum Gasteiger partial charge on any atom is -0.504 e. The smallest absolute Gasteiger partial charge is 0.165 e. The molecule has 2 aromatic carbocycles. The molecule has 7 aliphatic rings. The number of methoxy groups -OCH3 is 1. The van der Waals surface area contributed by atoms with Gasteiger partial charge in [-0.15, -0.1) is 0 Å². The van der Waals surface area contributed by atoms with Gasteiger partial charge in [0.05, 0.1) is 44.8 Å². The van der Waals surface area contributed by atoms with E-state index in [-0.39, 0.29) is 22.9 Å². The third-order valence-electron chi connectivity index (χ3n) is 12.0. The first-order valence-electron chi connectivity index (χ1n) is 14.6. The highest BCUT2D eigenvalue weighted by Gasteiger charge is 2.83. The molecule has 0 aromatic heterocycles. The number of aromatic hydroxyl groups is 1. The van der Waals surface area contributed by atoms with Gasteiger partial charge in [-0.1, -0.05) is 29.8 Å². The quantitative estimate of drug-likeness (QED) is 0.466. The fraction of sp³-hybridized carbons (Fsp3) is 0.625. The number of hydrogen-bond donors (Lipinski definition) is 1. The molecule has 2 aromatic rings. The molecule has 0 amide bonds. The van der Waals surface area contributed by atoms with Crippen molar-refractivity contribution in [2.45, 2.75) is 74.7 Å². The fourth-order valence-corrected chi connectivity index (χ4v) is 10.6. The standard InChI is InChI=1S/C32H38ClNO4/c1-34(17-20-6-7-20)13-12-31-27-22-8-9-25(35)28(27)38-29(31)32(36-2)11-10-30(31,26(34)15-22)16-23(32)19-37-18-21-4-3-5-24(33)14-21/h3-5,8-9,14,20,23,26,29H,6-7,10-13,15-19H2,1-2H3/p+1/t23-,26-,29-,30-,31+,32-,34-/m1/s1. The van der Waals surface area contributed by atoms with Crippen molar-refractivity contribution in [2.75, 3.05) is 33.9 Å². The summed E-state index contributed by atoms with van der Waals surface area (Å²) < 4.78 is 21.2. The number of ether oxygens (including phenoxy) is 3. The van der Waals surface area contributed by atoms with E-state index in [0.717, 1.165) is 47.9 Å². The van der Waals surface area contributed by atoms with E-state index in [1.165, 1.54) is 48.0 Å². The minimum absolute atomic E-state index is 0.0817. The summed E-state index contributed by atoms with van der Waals surface area (Å²) in [4.78, 5) is 0. The van der Waals surface area contributed by atoms with Crippen molar-refractivity contribution >= 4 is 11.6 Å². The number of phenolic OH excluding ortho intramolecular Hbond substituents is 1. The molecular formula is C32H39ClNO4+. The zero-order chi connectivity index (χ0) is 25.9. The van der Waals surface area contributed by atoms with Crippen LogP contribution in [0.2, 0.25) is 5.02 Å². The van der Waals surface area contributed by atoms with Gasteiger partial charge in [0.2, 0.25) is 0 Å². The Kier molecular flexibility index (Phi) is 5.00. The van der Waals surface area contributed by atoms with Crippen LogP contribution in [0.5, 0.6) is 11.5 Å². The zero-order valence-corrected chi connectivity index (χ0v) is 23.3. The Labute approximate surface area is 230 Å². The van der Waals surface area contributed by atoms with Crippen LogP contribution in [0.25, 0.3) is 0 Å². The van der Waals surface area contributed by atoms with Crippen molar-refractivity contribution in [1.29, 1.82) is 0 Å². The molecule has 5 fully saturated rings. The van der Waals surface area contributed by atoms with Crippen LogP contribution in [0.3, 0.4) is 0 Å². The molecule has 7 atom stereocenters. The summed E-state index contributed by atoms with van der Waals surface area (Å²) in [5.41, 5.74) is 3.47. The summed E-state index contributed by atoms with van der Waals surface area (Å²) in [5.74, 6) is 2.17. The Morgan fingerprint density at radius 3 is 2.82 bits per heavy atom. The number of benzene rings is 2. The van der Waals surface area contributed by atoms with E-state index in [0.29, 0.717) is 25.0 Å². The molecule has 0 radical (unpaired) electrons. The van der Waals surface area contributed by atoms with E-state index >= 15 is 0 Å². The van der Waals surface area contributed by atoms with Gasteiger partial charge in [0.25, 0.3) is 0 Å². The molecule has 9 rings (SSSR count). The molecule has 5 nitrogen and oxygen atoms in total. The van der Waals surface area contributed by atoms with Gasteiger partial charge in [-0.3, -0.25) is 0 Å². The van der Waals surface area contributed by atoms with E-state index in [9.17, 15) is 5.11 Å². The van der Waals surface area contributed by atoms with Crippen LogP contribution in [0.15, 0.2) is 36.4 Å². The Balaban J connectivity index is 1.22. The molecule has 202 valence electrons. The second kappa shape index (κ2) is 7.90. The molecule has 1 N–H and O–H groups in total. The third kappa shape index (κ3) is 2.89. The average Bonchev–Trinajstić information content (AvgIpc) is 3.63. The SMILES string of the molecule is CO[C@]12CC[C@@]3(C[C@@H]1COCc1cccc(Cl)c1)[C@H]1Cc4ccc(O)c5c4[C@@]3(CC[N@+]1(C)CC1CC1)[C@H]2O5. The molecule has 4 bridgehead atoms. The maximum atomic E-state index is 11.0. The van der Waals surface area contributed by atoms with E-state index in [2.05, 4.69) is 19.2 Å². The number of likely N-dealkylation sites (N-methyl/N-ethyl adjacent to an activating group) is 1. The highest BCUT2D eigenvalue weighted by atomic mass is 35.5. The summed E-state index contributed by atoms with van der Waals surface area (Å²) in [7, 11) is 4.43. The first-order valence-corrected chi connectivity index (χ1v) is 15.0. The van der Waals surface area contributed by atoms with E-state index in [1.807, 2.05) is 31.4 Å². The van der Waals surface area contributed by atoms with Crippen molar-refractivity contribution in [2.24, 2.45) is 17.3 Å². The maximum absolute atomic E-state index is 11.0. The largest absolute Gasteiger partial charge is 0.504 e. The van der Waals surface area contributed by atoms with Gasteiger partial charge >= 0.3 is 0 Å².